The van der Waals surface area contributed by atoms with Crippen molar-refractivity contribution in [1.82, 2.24) is 16.2 Å². The number of hydrazine groups is 1. The van der Waals surface area contributed by atoms with E-state index >= 15 is 0 Å². The second-order valence-corrected chi connectivity index (χ2v) is 9.19. The molecule has 0 aliphatic heterocycles. The van der Waals surface area contributed by atoms with Crippen LogP contribution in [0.3, 0.4) is 0 Å². The highest BCUT2D eigenvalue weighted by atomic mass is 16.6. The van der Waals surface area contributed by atoms with Gasteiger partial charge in [0.25, 0.3) is 5.91 Å². The van der Waals surface area contributed by atoms with E-state index in [4.69, 9.17) is 19.9 Å². The fraction of sp³-hybridized carbons (Fsp3) is 0.591. The van der Waals surface area contributed by atoms with E-state index in [2.05, 4.69) is 16.2 Å². The van der Waals surface area contributed by atoms with E-state index in [1.165, 1.54) is 0 Å². The standard InChI is InChI=1S/C22H36N4O6/c1-21(2,3)31-13-16(23)18(27)24-17(14-32-22(4,5)6)19(28)25-26-20(29)30-12-15-10-8-7-9-11-15/h7-11,16-17H,12-14,23H2,1-6H3,(H,24,27)(H,25,28)(H,26,29)/t16-,17-/m0/s1. The summed E-state index contributed by atoms with van der Waals surface area (Å²) >= 11 is 0. The van der Waals surface area contributed by atoms with Gasteiger partial charge in [-0.3, -0.25) is 15.0 Å². The first-order valence-electron chi connectivity index (χ1n) is 10.4. The topological polar surface area (TPSA) is 141 Å². The van der Waals surface area contributed by atoms with Crippen molar-refractivity contribution in [3.8, 4) is 0 Å². The van der Waals surface area contributed by atoms with Gasteiger partial charge in [0.1, 0.15) is 18.7 Å². The van der Waals surface area contributed by atoms with Crippen molar-refractivity contribution in [1.29, 1.82) is 0 Å². The van der Waals surface area contributed by atoms with E-state index in [9.17, 15) is 14.4 Å². The van der Waals surface area contributed by atoms with Gasteiger partial charge in [-0.05, 0) is 47.1 Å². The van der Waals surface area contributed by atoms with Crippen LogP contribution in [-0.2, 0) is 30.4 Å². The third-order valence-corrected chi connectivity index (χ3v) is 3.85. The first-order valence-corrected chi connectivity index (χ1v) is 10.4. The number of ether oxygens (including phenoxy) is 3. The molecule has 0 radical (unpaired) electrons. The monoisotopic (exact) mass is 452 g/mol. The lowest BCUT2D eigenvalue weighted by Gasteiger charge is -2.26. The number of hydrogen-bond acceptors (Lipinski definition) is 7. The molecule has 0 aromatic heterocycles. The lowest BCUT2D eigenvalue weighted by molar-refractivity contribution is -0.134. The van der Waals surface area contributed by atoms with Crippen LogP contribution >= 0.6 is 0 Å². The van der Waals surface area contributed by atoms with Crippen LogP contribution in [0, 0.1) is 0 Å². The first-order chi connectivity index (χ1) is 14.8. The molecule has 0 saturated heterocycles. The molecule has 0 bridgehead atoms. The van der Waals surface area contributed by atoms with Crippen LogP contribution in [0.25, 0.3) is 0 Å². The highest BCUT2D eigenvalue weighted by Crippen LogP contribution is 2.08. The third-order valence-electron chi connectivity index (χ3n) is 3.85. The number of nitrogens with one attached hydrogen (secondary N) is 3. The van der Waals surface area contributed by atoms with Gasteiger partial charge in [0.05, 0.1) is 24.4 Å². The molecule has 1 rings (SSSR count). The van der Waals surface area contributed by atoms with Crippen LogP contribution in [0.4, 0.5) is 4.79 Å². The maximum atomic E-state index is 12.6. The number of benzene rings is 1. The van der Waals surface area contributed by atoms with Gasteiger partial charge in [0.15, 0.2) is 0 Å². The summed E-state index contributed by atoms with van der Waals surface area (Å²) in [5, 5.41) is 2.53. The smallest absolute Gasteiger partial charge is 0.426 e. The molecule has 0 unspecified atom stereocenters. The summed E-state index contributed by atoms with van der Waals surface area (Å²) < 4.78 is 16.2. The minimum Gasteiger partial charge on any atom is -0.443 e. The molecule has 180 valence electrons. The number of carbonyl (C=O) groups is 3. The number of amides is 3. The Morgan fingerprint density at radius 2 is 1.44 bits per heavy atom. The van der Waals surface area contributed by atoms with Crippen molar-refractivity contribution >= 4 is 17.9 Å². The normalized spacial score (nSPS) is 13.6. The molecule has 0 fully saturated rings. The van der Waals surface area contributed by atoms with Gasteiger partial charge < -0.3 is 25.3 Å². The minimum atomic E-state index is -1.10. The van der Waals surface area contributed by atoms with E-state index in [-0.39, 0.29) is 19.8 Å². The Kier molecular flexibility index (Phi) is 10.6. The predicted octanol–water partition coefficient (Wildman–Crippen LogP) is 1.39. The van der Waals surface area contributed by atoms with Crippen LogP contribution in [-0.4, -0.2) is 54.4 Å². The average Bonchev–Trinajstić information content (AvgIpc) is 2.71. The van der Waals surface area contributed by atoms with Gasteiger partial charge in [0.2, 0.25) is 5.91 Å². The van der Waals surface area contributed by atoms with Gasteiger partial charge in [-0.1, -0.05) is 30.3 Å². The molecule has 2 atom stereocenters. The van der Waals surface area contributed by atoms with Crippen molar-refractivity contribution in [3.63, 3.8) is 0 Å². The second kappa shape index (κ2) is 12.4. The Labute approximate surface area is 189 Å². The number of nitrogens with two attached hydrogens (primary N) is 1. The molecule has 10 heteroatoms. The first kappa shape index (κ1) is 27.3. The lowest BCUT2D eigenvalue weighted by atomic mass is 10.1. The van der Waals surface area contributed by atoms with E-state index < -0.39 is 41.2 Å². The molecule has 0 aliphatic carbocycles. The van der Waals surface area contributed by atoms with Crippen molar-refractivity contribution in [2.75, 3.05) is 13.2 Å². The van der Waals surface area contributed by atoms with Crippen LogP contribution in [0.15, 0.2) is 30.3 Å². The van der Waals surface area contributed by atoms with E-state index in [1.807, 2.05) is 59.7 Å². The maximum absolute atomic E-state index is 12.6. The Morgan fingerprint density at radius 1 is 0.875 bits per heavy atom. The van der Waals surface area contributed by atoms with Crippen molar-refractivity contribution < 1.29 is 28.6 Å². The van der Waals surface area contributed by atoms with Gasteiger partial charge in [-0.25, -0.2) is 10.2 Å². The molecule has 3 amide bonds. The second-order valence-electron chi connectivity index (χ2n) is 9.19. The van der Waals surface area contributed by atoms with E-state index in [0.29, 0.717) is 0 Å². The van der Waals surface area contributed by atoms with Crippen LogP contribution in [0.1, 0.15) is 47.1 Å². The fourth-order valence-electron chi connectivity index (χ4n) is 2.17. The third kappa shape index (κ3) is 12.2. The highest BCUT2D eigenvalue weighted by Gasteiger charge is 2.27. The molecule has 0 aliphatic rings. The summed E-state index contributed by atoms with van der Waals surface area (Å²) in [5.41, 5.74) is 10.0. The summed E-state index contributed by atoms with van der Waals surface area (Å²) in [4.78, 5) is 36.9. The summed E-state index contributed by atoms with van der Waals surface area (Å²) in [6, 6.07) is 7.00. The molecule has 32 heavy (non-hydrogen) atoms. The zero-order valence-corrected chi connectivity index (χ0v) is 19.7. The molecule has 0 saturated carbocycles. The largest absolute Gasteiger partial charge is 0.443 e. The summed E-state index contributed by atoms with van der Waals surface area (Å²) in [6.07, 6.45) is -0.848. The van der Waals surface area contributed by atoms with E-state index in [1.54, 1.807) is 12.1 Å². The zero-order chi connectivity index (χ0) is 24.4. The highest BCUT2D eigenvalue weighted by molar-refractivity contribution is 5.90. The molecule has 0 heterocycles. The SMILES string of the molecule is CC(C)(C)OC[C@H](NC(=O)[C@@H](N)COC(C)(C)C)C(=O)NNC(=O)OCc1ccccc1. The van der Waals surface area contributed by atoms with Gasteiger partial charge in [-0.15, -0.1) is 0 Å². The Hall–Kier alpha value is -2.69. The Bertz CT molecular complexity index is 743. The fourth-order valence-corrected chi connectivity index (χ4v) is 2.17. The summed E-state index contributed by atoms with van der Waals surface area (Å²) in [6.45, 7) is 10.8. The summed E-state index contributed by atoms with van der Waals surface area (Å²) in [5.74, 6) is -1.28. The molecular formula is C22H36N4O6. The Balaban J connectivity index is 2.61. The molecular weight excluding hydrogens is 416 g/mol. The van der Waals surface area contributed by atoms with Crippen molar-refractivity contribution in [2.45, 2.75) is 71.4 Å². The molecule has 0 spiro atoms. The Morgan fingerprint density at radius 3 is 2.00 bits per heavy atom. The number of hydrogen-bond donors (Lipinski definition) is 4. The van der Waals surface area contributed by atoms with Crippen LogP contribution in [0.5, 0.6) is 0 Å². The zero-order valence-electron chi connectivity index (χ0n) is 19.7. The maximum Gasteiger partial charge on any atom is 0.426 e. The van der Waals surface area contributed by atoms with Crippen molar-refractivity contribution in [2.24, 2.45) is 5.73 Å². The van der Waals surface area contributed by atoms with Gasteiger partial charge >= 0.3 is 6.09 Å². The number of rotatable bonds is 9. The average molecular weight is 453 g/mol. The molecule has 5 N–H and O–H groups in total. The molecule has 10 nitrogen and oxygen atoms in total. The predicted molar refractivity (Wildman–Crippen MR) is 119 cm³/mol. The van der Waals surface area contributed by atoms with Crippen LogP contribution in [0.2, 0.25) is 0 Å². The summed E-state index contributed by atoms with van der Waals surface area (Å²) in [7, 11) is 0. The van der Waals surface area contributed by atoms with Crippen molar-refractivity contribution in [3.05, 3.63) is 35.9 Å². The minimum absolute atomic E-state index is 0.0200. The van der Waals surface area contributed by atoms with Crippen LogP contribution < -0.4 is 21.9 Å². The quantitative estimate of drug-likeness (QED) is 0.415. The molecule has 1 aromatic carbocycles. The number of carbonyl (C=O) groups excluding carboxylic acids is 3. The van der Waals surface area contributed by atoms with Gasteiger partial charge in [-0.2, -0.15) is 0 Å². The van der Waals surface area contributed by atoms with Gasteiger partial charge in [0, 0.05) is 0 Å². The molecule has 1 aromatic rings. The van der Waals surface area contributed by atoms with E-state index in [0.717, 1.165) is 5.56 Å². The lowest BCUT2D eigenvalue weighted by Crippen LogP contribution is -2.57.